The molecule has 0 aliphatic carbocycles. The zero-order valence-corrected chi connectivity index (χ0v) is 10.9. The number of nitrogens with two attached hydrogens (primary N) is 1. The van der Waals surface area contributed by atoms with Crippen molar-refractivity contribution in [1.82, 2.24) is 15.1 Å². The Kier molecular flexibility index (Phi) is 3.53. The molecule has 1 aromatic heterocycles. The Bertz CT molecular complexity index is 534. The van der Waals surface area contributed by atoms with Gasteiger partial charge in [-0.25, -0.2) is 0 Å². The molecule has 0 saturated carbocycles. The molecule has 2 aromatic rings. The van der Waals surface area contributed by atoms with Crippen molar-refractivity contribution in [2.75, 3.05) is 26.9 Å². The van der Waals surface area contributed by atoms with Gasteiger partial charge in [0.2, 0.25) is 0 Å². The van der Waals surface area contributed by atoms with Crippen LogP contribution in [0.25, 0.3) is 11.1 Å². The fourth-order valence-electron chi connectivity index (χ4n) is 1.94. The Morgan fingerprint density at radius 1 is 1.39 bits per heavy atom. The van der Waals surface area contributed by atoms with Crippen LogP contribution in [0.5, 0.6) is 5.75 Å². The fourth-order valence-corrected chi connectivity index (χ4v) is 1.94. The zero-order chi connectivity index (χ0) is 13.1. The second-order valence-corrected chi connectivity index (χ2v) is 4.46. The number of nitrogen functional groups attached to an aromatic ring is 1. The van der Waals surface area contributed by atoms with Gasteiger partial charge in [0.05, 0.1) is 13.3 Å². The minimum Gasteiger partial charge on any atom is -0.496 e. The fraction of sp³-hybridized carbons (Fsp3) is 0.308. The normalized spacial score (nSPS) is 10.9. The van der Waals surface area contributed by atoms with Crippen molar-refractivity contribution in [3.05, 3.63) is 30.0 Å². The van der Waals surface area contributed by atoms with Gasteiger partial charge in [0.1, 0.15) is 11.6 Å². The topological polar surface area (TPSA) is 67.2 Å². The lowest BCUT2D eigenvalue weighted by Gasteiger charge is -2.14. The highest BCUT2D eigenvalue weighted by Gasteiger charge is 2.09. The molecule has 2 rings (SSSR count). The van der Waals surface area contributed by atoms with E-state index in [0.717, 1.165) is 29.0 Å². The number of H-pyrrole nitrogens is 1. The van der Waals surface area contributed by atoms with Gasteiger partial charge in [-0.1, -0.05) is 6.07 Å². The van der Waals surface area contributed by atoms with E-state index in [1.807, 2.05) is 26.2 Å². The van der Waals surface area contributed by atoms with Crippen molar-refractivity contribution in [3.63, 3.8) is 0 Å². The molecule has 5 heteroatoms. The highest BCUT2D eigenvalue weighted by molar-refractivity contribution is 5.74. The number of benzene rings is 1. The van der Waals surface area contributed by atoms with Crippen LogP contribution in [-0.4, -0.2) is 36.3 Å². The third-order valence-corrected chi connectivity index (χ3v) is 2.75. The summed E-state index contributed by atoms with van der Waals surface area (Å²) in [5, 5.41) is 6.68. The van der Waals surface area contributed by atoms with E-state index in [1.165, 1.54) is 0 Å². The summed E-state index contributed by atoms with van der Waals surface area (Å²) in [6.45, 7) is 0.814. The number of hydrogen-bond acceptors (Lipinski definition) is 4. The highest BCUT2D eigenvalue weighted by Crippen LogP contribution is 2.29. The van der Waals surface area contributed by atoms with Crippen molar-refractivity contribution in [3.8, 4) is 16.9 Å². The molecule has 1 aromatic carbocycles. The first-order chi connectivity index (χ1) is 8.61. The van der Waals surface area contributed by atoms with E-state index in [1.54, 1.807) is 13.3 Å². The second kappa shape index (κ2) is 5.10. The molecule has 0 aliphatic heterocycles. The molecule has 0 amide bonds. The van der Waals surface area contributed by atoms with Crippen molar-refractivity contribution in [2.45, 2.75) is 6.54 Å². The number of nitrogens with one attached hydrogen (secondary N) is 1. The van der Waals surface area contributed by atoms with E-state index in [4.69, 9.17) is 10.5 Å². The lowest BCUT2D eigenvalue weighted by molar-refractivity contribution is 0.372. The largest absolute Gasteiger partial charge is 0.496 e. The average Bonchev–Trinajstić information content (AvgIpc) is 2.74. The van der Waals surface area contributed by atoms with Gasteiger partial charge < -0.3 is 15.4 Å². The molecule has 0 unspecified atom stereocenters. The van der Waals surface area contributed by atoms with Gasteiger partial charge in [-0.2, -0.15) is 5.10 Å². The van der Waals surface area contributed by atoms with E-state index in [2.05, 4.69) is 21.2 Å². The second-order valence-electron chi connectivity index (χ2n) is 4.46. The van der Waals surface area contributed by atoms with Crippen molar-refractivity contribution < 1.29 is 4.74 Å². The van der Waals surface area contributed by atoms with E-state index in [-0.39, 0.29) is 0 Å². The van der Waals surface area contributed by atoms with Crippen LogP contribution in [0.15, 0.2) is 24.4 Å². The number of rotatable bonds is 4. The van der Waals surface area contributed by atoms with Gasteiger partial charge >= 0.3 is 0 Å². The Morgan fingerprint density at radius 3 is 2.72 bits per heavy atom. The molecule has 0 spiro atoms. The third kappa shape index (κ3) is 2.46. The van der Waals surface area contributed by atoms with E-state index < -0.39 is 0 Å². The summed E-state index contributed by atoms with van der Waals surface area (Å²) in [6, 6.07) is 6.03. The minimum atomic E-state index is 0.580. The summed E-state index contributed by atoms with van der Waals surface area (Å²) >= 11 is 0. The van der Waals surface area contributed by atoms with Crippen LogP contribution in [0.3, 0.4) is 0 Å². The number of ether oxygens (including phenoxy) is 1. The summed E-state index contributed by atoms with van der Waals surface area (Å²) in [5.41, 5.74) is 8.92. The van der Waals surface area contributed by atoms with E-state index in [0.29, 0.717) is 5.82 Å². The molecule has 0 radical (unpaired) electrons. The van der Waals surface area contributed by atoms with Crippen LogP contribution in [0.2, 0.25) is 0 Å². The van der Waals surface area contributed by atoms with Gasteiger partial charge in [-0.05, 0) is 31.8 Å². The Balaban J connectivity index is 2.42. The molecule has 1 heterocycles. The summed E-state index contributed by atoms with van der Waals surface area (Å²) in [4.78, 5) is 2.10. The van der Waals surface area contributed by atoms with E-state index in [9.17, 15) is 0 Å². The Labute approximate surface area is 107 Å². The van der Waals surface area contributed by atoms with Crippen LogP contribution in [0.1, 0.15) is 5.56 Å². The van der Waals surface area contributed by atoms with Crippen LogP contribution >= 0.6 is 0 Å². The summed E-state index contributed by atoms with van der Waals surface area (Å²) in [7, 11) is 5.73. The first kappa shape index (κ1) is 12.4. The van der Waals surface area contributed by atoms with Gasteiger partial charge in [0.15, 0.2) is 0 Å². The molecule has 0 saturated heterocycles. The predicted molar refractivity (Wildman–Crippen MR) is 72.4 cm³/mol. The summed E-state index contributed by atoms with van der Waals surface area (Å²) in [6.07, 6.45) is 1.73. The number of aromatic amines is 1. The molecule has 96 valence electrons. The van der Waals surface area contributed by atoms with Gasteiger partial charge in [0.25, 0.3) is 0 Å². The Morgan fingerprint density at radius 2 is 2.17 bits per heavy atom. The zero-order valence-electron chi connectivity index (χ0n) is 10.9. The lowest BCUT2D eigenvalue weighted by atomic mass is 10.0. The predicted octanol–water partition coefficient (Wildman–Crippen LogP) is 1.73. The number of anilines is 1. The standard InChI is InChI=1S/C13H18N4O/c1-17(2)8-10-6-9(4-5-12(10)18-3)11-7-15-16-13(11)14/h4-7H,8H2,1-3H3,(H3,14,15,16). The molecule has 18 heavy (non-hydrogen) atoms. The maximum atomic E-state index is 5.83. The van der Waals surface area contributed by atoms with Gasteiger partial charge in [-0.15, -0.1) is 0 Å². The molecule has 0 atom stereocenters. The molecule has 0 bridgehead atoms. The molecule has 0 fully saturated rings. The van der Waals surface area contributed by atoms with Crippen LogP contribution < -0.4 is 10.5 Å². The smallest absolute Gasteiger partial charge is 0.126 e. The quantitative estimate of drug-likeness (QED) is 0.862. The van der Waals surface area contributed by atoms with E-state index >= 15 is 0 Å². The SMILES string of the molecule is COc1ccc(-c2cn[nH]c2N)cc1CN(C)C. The summed E-state index contributed by atoms with van der Waals surface area (Å²) < 4.78 is 5.37. The number of methoxy groups -OCH3 is 1. The molecule has 3 N–H and O–H groups in total. The van der Waals surface area contributed by atoms with Crippen LogP contribution in [0.4, 0.5) is 5.82 Å². The van der Waals surface area contributed by atoms with Crippen LogP contribution in [-0.2, 0) is 6.54 Å². The first-order valence-electron chi connectivity index (χ1n) is 5.72. The molecular formula is C13H18N4O. The maximum absolute atomic E-state index is 5.83. The third-order valence-electron chi connectivity index (χ3n) is 2.75. The van der Waals surface area contributed by atoms with Crippen molar-refractivity contribution in [2.24, 2.45) is 0 Å². The lowest BCUT2D eigenvalue weighted by Crippen LogP contribution is -2.11. The average molecular weight is 246 g/mol. The Hall–Kier alpha value is -2.01. The maximum Gasteiger partial charge on any atom is 0.126 e. The number of nitrogens with zero attached hydrogens (tertiary/aromatic N) is 2. The van der Waals surface area contributed by atoms with Gasteiger partial charge in [0, 0.05) is 17.7 Å². The highest BCUT2D eigenvalue weighted by atomic mass is 16.5. The first-order valence-corrected chi connectivity index (χ1v) is 5.72. The van der Waals surface area contributed by atoms with Gasteiger partial charge in [-0.3, -0.25) is 5.10 Å². The number of hydrogen-bond donors (Lipinski definition) is 2. The summed E-state index contributed by atoms with van der Waals surface area (Å²) in [5.74, 6) is 1.46. The molecule has 5 nitrogen and oxygen atoms in total. The number of aromatic nitrogens is 2. The molecular weight excluding hydrogens is 228 g/mol. The van der Waals surface area contributed by atoms with Crippen LogP contribution in [0, 0.1) is 0 Å². The van der Waals surface area contributed by atoms with Crippen molar-refractivity contribution >= 4 is 5.82 Å². The molecule has 0 aliphatic rings. The minimum absolute atomic E-state index is 0.580. The van der Waals surface area contributed by atoms with Crippen molar-refractivity contribution in [1.29, 1.82) is 0 Å². The monoisotopic (exact) mass is 246 g/mol.